The Hall–Kier alpha value is -1.93. The minimum Gasteiger partial charge on any atom is -0.310 e. The summed E-state index contributed by atoms with van der Waals surface area (Å²) in [5.41, 5.74) is 1.39. The van der Waals surface area contributed by atoms with Gasteiger partial charge < -0.3 is 5.32 Å². The van der Waals surface area contributed by atoms with Crippen LogP contribution in [0.1, 0.15) is 55.9 Å². The maximum atomic E-state index is 12.9. The van der Waals surface area contributed by atoms with Gasteiger partial charge in [-0.3, -0.25) is 4.79 Å². The number of thioether (sulfide) groups is 1. The first kappa shape index (κ1) is 19.4. The topological polar surface area (TPSA) is 72.7 Å². The number of hydrogen-bond donors (Lipinski definition) is 1. The fourth-order valence-electron chi connectivity index (χ4n) is 3.54. The van der Waals surface area contributed by atoms with Crippen molar-refractivity contribution < 1.29 is 4.79 Å². The Labute approximate surface area is 173 Å². The Morgan fingerprint density at radius 3 is 2.96 bits per heavy atom. The molecule has 0 aliphatic heterocycles. The predicted octanol–water partition coefficient (Wildman–Crippen LogP) is 4.78. The van der Waals surface area contributed by atoms with Crippen molar-refractivity contribution >= 4 is 45.0 Å². The molecule has 0 unspecified atom stereocenters. The maximum absolute atomic E-state index is 12.9. The van der Waals surface area contributed by atoms with E-state index in [1.807, 2.05) is 24.6 Å². The number of carbonyl (C=O) groups is 1. The number of nitrogens with zero attached hydrogens (tertiary/aromatic N) is 4. The van der Waals surface area contributed by atoms with Crippen molar-refractivity contribution in [3.63, 3.8) is 0 Å². The van der Waals surface area contributed by atoms with E-state index in [-0.39, 0.29) is 17.2 Å². The van der Waals surface area contributed by atoms with Crippen LogP contribution in [0.25, 0.3) is 10.2 Å². The summed E-state index contributed by atoms with van der Waals surface area (Å²) in [7, 11) is 0. The lowest BCUT2D eigenvalue weighted by molar-refractivity contribution is -0.115. The molecule has 0 fully saturated rings. The fourth-order valence-corrected chi connectivity index (χ4v) is 5.93. The first-order valence-corrected chi connectivity index (χ1v) is 11.5. The first-order valence-electron chi connectivity index (χ1n) is 9.77. The van der Waals surface area contributed by atoms with Crippen LogP contribution in [0, 0.1) is 6.92 Å². The van der Waals surface area contributed by atoms with Crippen LogP contribution in [0.15, 0.2) is 17.3 Å². The zero-order chi connectivity index (χ0) is 19.8. The second-order valence-corrected chi connectivity index (χ2v) is 9.69. The van der Waals surface area contributed by atoms with Gasteiger partial charge in [-0.2, -0.15) is 5.10 Å². The second kappa shape index (κ2) is 7.83. The molecular formula is C20H25N5OS2. The molecule has 0 radical (unpaired) electrons. The molecule has 0 aromatic carbocycles. The van der Waals surface area contributed by atoms with Gasteiger partial charge in [0.15, 0.2) is 0 Å². The van der Waals surface area contributed by atoms with Crippen molar-refractivity contribution in [3.05, 3.63) is 28.5 Å². The van der Waals surface area contributed by atoms with Gasteiger partial charge in [0.1, 0.15) is 21.5 Å². The number of nitrogens with one attached hydrogen (secondary N) is 1. The zero-order valence-electron chi connectivity index (χ0n) is 16.7. The summed E-state index contributed by atoms with van der Waals surface area (Å²) in [4.78, 5) is 24.7. The highest BCUT2D eigenvalue weighted by molar-refractivity contribution is 8.00. The molecule has 8 heteroatoms. The van der Waals surface area contributed by atoms with Crippen LogP contribution < -0.4 is 5.32 Å². The Morgan fingerprint density at radius 2 is 2.18 bits per heavy atom. The standard InChI is InChI=1S/C20H25N5OS2/c1-5-11(2)25-16(9-10-21-25)24-18(26)12(3)27-19-17-14-7-6-8-15(14)28-20(17)23-13(4)22-19/h9-12H,5-8H2,1-4H3,(H,24,26)/t11-,12-/m0/s1. The molecule has 6 nitrogen and oxygen atoms in total. The first-order chi connectivity index (χ1) is 13.5. The smallest absolute Gasteiger partial charge is 0.238 e. The van der Waals surface area contributed by atoms with Gasteiger partial charge in [-0.15, -0.1) is 11.3 Å². The van der Waals surface area contributed by atoms with Gasteiger partial charge >= 0.3 is 0 Å². The summed E-state index contributed by atoms with van der Waals surface area (Å²) in [5, 5.41) is 9.20. The van der Waals surface area contributed by atoms with Crippen molar-refractivity contribution in [2.24, 2.45) is 0 Å². The van der Waals surface area contributed by atoms with E-state index in [9.17, 15) is 4.79 Å². The van der Waals surface area contributed by atoms with Gasteiger partial charge in [-0.1, -0.05) is 18.7 Å². The quantitative estimate of drug-likeness (QED) is 0.463. The maximum Gasteiger partial charge on any atom is 0.238 e. The molecule has 3 aromatic heterocycles. The molecule has 148 valence electrons. The van der Waals surface area contributed by atoms with Crippen LogP contribution >= 0.6 is 23.1 Å². The van der Waals surface area contributed by atoms with Gasteiger partial charge in [0.25, 0.3) is 0 Å². The number of amides is 1. The van der Waals surface area contributed by atoms with Gasteiger partial charge in [0.2, 0.25) is 5.91 Å². The number of rotatable bonds is 6. The van der Waals surface area contributed by atoms with Crippen LogP contribution in [0.5, 0.6) is 0 Å². The molecule has 0 bridgehead atoms. The van der Waals surface area contributed by atoms with Crippen molar-refractivity contribution in [1.82, 2.24) is 19.7 Å². The number of carbonyl (C=O) groups excluding carboxylic acids is 1. The summed E-state index contributed by atoms with van der Waals surface area (Å²) in [6, 6.07) is 2.09. The lowest BCUT2D eigenvalue weighted by Crippen LogP contribution is -2.25. The average Bonchev–Trinajstić information content (AvgIpc) is 3.36. The second-order valence-electron chi connectivity index (χ2n) is 7.28. The molecule has 1 aliphatic carbocycles. The van der Waals surface area contributed by atoms with Crippen LogP contribution in [-0.4, -0.2) is 30.9 Å². The lowest BCUT2D eigenvalue weighted by Gasteiger charge is -2.16. The highest BCUT2D eigenvalue weighted by atomic mass is 32.2. The van der Waals surface area contributed by atoms with Crippen molar-refractivity contribution in [2.75, 3.05) is 5.32 Å². The normalized spacial score (nSPS) is 15.6. The highest BCUT2D eigenvalue weighted by Gasteiger charge is 2.25. The Bertz CT molecular complexity index is 1030. The summed E-state index contributed by atoms with van der Waals surface area (Å²) in [5.74, 6) is 1.47. The van der Waals surface area contributed by atoms with Crippen LogP contribution in [0.2, 0.25) is 0 Å². The van der Waals surface area contributed by atoms with E-state index in [1.54, 1.807) is 17.5 Å². The third kappa shape index (κ3) is 3.55. The molecular weight excluding hydrogens is 390 g/mol. The highest BCUT2D eigenvalue weighted by Crippen LogP contribution is 2.41. The number of aryl methyl sites for hydroxylation is 3. The zero-order valence-corrected chi connectivity index (χ0v) is 18.3. The summed E-state index contributed by atoms with van der Waals surface area (Å²) < 4.78 is 1.87. The number of aromatic nitrogens is 4. The minimum atomic E-state index is -0.269. The Balaban J connectivity index is 1.56. The van der Waals surface area contributed by atoms with Gasteiger partial charge in [-0.25, -0.2) is 14.6 Å². The van der Waals surface area contributed by atoms with Crippen LogP contribution in [-0.2, 0) is 17.6 Å². The summed E-state index contributed by atoms with van der Waals surface area (Å²) in [6.45, 7) is 8.06. The minimum absolute atomic E-state index is 0.0358. The van der Waals surface area contributed by atoms with Crippen molar-refractivity contribution in [3.8, 4) is 0 Å². The third-order valence-corrected chi connectivity index (χ3v) is 7.50. The number of hydrogen-bond acceptors (Lipinski definition) is 6. The van der Waals surface area contributed by atoms with Crippen LogP contribution in [0.4, 0.5) is 5.82 Å². The van der Waals surface area contributed by atoms with E-state index in [4.69, 9.17) is 4.98 Å². The molecule has 4 rings (SSSR count). The Morgan fingerprint density at radius 1 is 1.36 bits per heavy atom. The summed E-state index contributed by atoms with van der Waals surface area (Å²) in [6.07, 6.45) is 6.10. The fraction of sp³-hybridized carbons (Fsp3) is 0.500. The lowest BCUT2D eigenvalue weighted by atomic mass is 10.2. The van der Waals surface area contributed by atoms with E-state index in [0.717, 1.165) is 46.1 Å². The monoisotopic (exact) mass is 415 g/mol. The molecule has 0 spiro atoms. The number of fused-ring (bicyclic) bond motifs is 3. The van der Waals surface area contributed by atoms with Gasteiger partial charge in [-0.05, 0) is 52.0 Å². The molecule has 1 aliphatic rings. The predicted molar refractivity (Wildman–Crippen MR) is 115 cm³/mol. The molecule has 1 amide bonds. The Kier molecular flexibility index (Phi) is 5.42. The molecule has 1 N–H and O–H groups in total. The molecule has 28 heavy (non-hydrogen) atoms. The van der Waals surface area contributed by atoms with Crippen molar-refractivity contribution in [2.45, 2.75) is 69.7 Å². The summed E-state index contributed by atoms with van der Waals surface area (Å²) >= 11 is 3.31. The molecule has 3 heterocycles. The van der Waals surface area contributed by atoms with Gasteiger partial charge in [0.05, 0.1) is 17.5 Å². The van der Waals surface area contributed by atoms with E-state index in [1.165, 1.54) is 28.6 Å². The van der Waals surface area contributed by atoms with E-state index in [2.05, 4.69) is 29.2 Å². The molecule has 0 saturated carbocycles. The molecule has 0 saturated heterocycles. The number of thiophene rings is 1. The van der Waals surface area contributed by atoms with Gasteiger partial charge in [0, 0.05) is 16.3 Å². The van der Waals surface area contributed by atoms with E-state index < -0.39 is 0 Å². The largest absolute Gasteiger partial charge is 0.310 e. The van der Waals surface area contributed by atoms with Crippen LogP contribution in [0.3, 0.4) is 0 Å². The molecule has 3 aromatic rings. The third-order valence-electron chi connectivity index (χ3n) is 5.23. The molecule has 2 atom stereocenters. The van der Waals surface area contributed by atoms with Crippen molar-refractivity contribution in [1.29, 1.82) is 0 Å². The van der Waals surface area contributed by atoms with E-state index in [0.29, 0.717) is 0 Å². The number of anilines is 1. The average molecular weight is 416 g/mol. The SMILES string of the molecule is CC[C@H](C)n1nccc1NC(=O)[C@H](C)Sc1nc(C)nc2sc3c(c12)CCC3. The van der Waals surface area contributed by atoms with E-state index >= 15 is 0 Å².